The van der Waals surface area contributed by atoms with E-state index in [1.807, 2.05) is 59.3 Å². The van der Waals surface area contributed by atoms with Crippen LogP contribution in [0.3, 0.4) is 0 Å². The Balaban J connectivity index is 0.00000304. The molecule has 5 aromatic rings. The molecule has 0 fully saturated rings. The molecule has 0 saturated heterocycles. The van der Waals surface area contributed by atoms with E-state index in [9.17, 15) is 9.90 Å². The molecule has 3 heterocycles. The fourth-order valence-electron chi connectivity index (χ4n) is 3.81. The third-order valence-electron chi connectivity index (χ3n) is 5.51. The minimum absolute atomic E-state index is 0. The van der Waals surface area contributed by atoms with Crippen molar-refractivity contribution in [1.82, 2.24) is 20.9 Å². The lowest BCUT2D eigenvalue weighted by atomic mass is 9.98. The van der Waals surface area contributed by atoms with Crippen molar-refractivity contribution in [3.63, 3.8) is 0 Å². The van der Waals surface area contributed by atoms with E-state index in [1.165, 1.54) is 16.0 Å². The summed E-state index contributed by atoms with van der Waals surface area (Å²) < 4.78 is 6.63. The van der Waals surface area contributed by atoms with Gasteiger partial charge >= 0.3 is 0 Å². The van der Waals surface area contributed by atoms with Gasteiger partial charge < -0.3 is 16.0 Å². The minimum Gasteiger partial charge on any atom is -0.858 e. The van der Waals surface area contributed by atoms with Crippen LogP contribution in [0.4, 0.5) is 0 Å². The number of pyridine rings is 1. The molecule has 0 aliphatic rings. The van der Waals surface area contributed by atoms with Crippen LogP contribution in [-0.2, 0) is 0 Å². The van der Waals surface area contributed by atoms with Gasteiger partial charge in [-0.2, -0.15) is 11.3 Å². The molecule has 4 N–H and O–H groups in total. The highest BCUT2D eigenvalue weighted by atomic mass is 35.5. The Hall–Kier alpha value is -3.50. The number of aromatic nitrogens is 3. The number of nitrogens with one attached hydrogen (secondary N) is 1. The van der Waals surface area contributed by atoms with Gasteiger partial charge in [-0.25, -0.2) is 4.98 Å². The Labute approximate surface area is 220 Å². The first-order valence-electron chi connectivity index (χ1n) is 10.6. The van der Waals surface area contributed by atoms with Crippen molar-refractivity contribution >= 4 is 34.7 Å². The van der Waals surface area contributed by atoms with E-state index in [1.54, 1.807) is 31.5 Å². The molecule has 0 radical (unpaired) electrons. The number of aromatic amines is 1. The highest BCUT2D eigenvalue weighted by molar-refractivity contribution is 7.99. The maximum atomic E-state index is 13.4. The van der Waals surface area contributed by atoms with E-state index in [2.05, 4.69) is 10.1 Å². The topological polar surface area (TPSA) is 118 Å². The maximum absolute atomic E-state index is 13.4. The second kappa shape index (κ2) is 11.0. The number of H-pyrrole nitrogens is 1. The average Bonchev–Trinajstić information content (AvgIpc) is 3.51. The van der Waals surface area contributed by atoms with Crippen molar-refractivity contribution in [2.75, 3.05) is 7.11 Å². The van der Waals surface area contributed by atoms with E-state index < -0.39 is 11.6 Å². The van der Waals surface area contributed by atoms with Crippen molar-refractivity contribution in [1.29, 1.82) is 0 Å². The highest BCUT2D eigenvalue weighted by Gasteiger charge is 2.21. The molecule has 5 rings (SSSR count). The minimum atomic E-state index is -0.483. The van der Waals surface area contributed by atoms with E-state index in [-0.39, 0.29) is 16.9 Å². The van der Waals surface area contributed by atoms with Crippen molar-refractivity contribution in [3.05, 3.63) is 110 Å². The van der Waals surface area contributed by atoms with Crippen LogP contribution in [0.25, 0.3) is 11.1 Å². The molecular formula is C26H22ClN4O3S2-. The lowest BCUT2D eigenvalue weighted by Crippen LogP contribution is -2.17. The first-order valence-corrected chi connectivity index (χ1v) is 12.7. The molecule has 3 aromatic heterocycles. The Kier molecular flexibility index (Phi) is 7.85. The summed E-state index contributed by atoms with van der Waals surface area (Å²) in [4.78, 5) is 17.7. The molecule has 0 amide bonds. The molecule has 0 spiro atoms. The zero-order valence-electron chi connectivity index (χ0n) is 19.2. The predicted molar refractivity (Wildman–Crippen MR) is 143 cm³/mol. The van der Waals surface area contributed by atoms with Crippen molar-refractivity contribution in [3.8, 4) is 22.9 Å². The van der Waals surface area contributed by atoms with E-state index in [0.29, 0.717) is 15.8 Å². The molecular weight excluding hydrogens is 516 g/mol. The second-order valence-corrected chi connectivity index (χ2v) is 9.89. The van der Waals surface area contributed by atoms with Crippen molar-refractivity contribution in [2.45, 2.75) is 15.8 Å². The van der Waals surface area contributed by atoms with Crippen LogP contribution >= 0.6 is 34.7 Å². The fourth-order valence-corrected chi connectivity index (χ4v) is 5.59. The smallest absolute Gasteiger partial charge is 0.277 e. The zero-order chi connectivity index (χ0) is 24.4. The Morgan fingerprint density at radius 2 is 1.86 bits per heavy atom. The fraction of sp³-hybridized carbons (Fsp3) is 0.0769. The molecule has 36 heavy (non-hydrogen) atoms. The first kappa shape index (κ1) is 25.6. The summed E-state index contributed by atoms with van der Waals surface area (Å²) in [6.45, 7) is 0. The number of methoxy groups -OCH3 is 1. The van der Waals surface area contributed by atoms with Gasteiger partial charge in [0.1, 0.15) is 0 Å². The molecule has 7 nitrogen and oxygen atoms in total. The van der Waals surface area contributed by atoms with Gasteiger partial charge in [-0.05, 0) is 57.3 Å². The normalized spacial score (nSPS) is 11.6. The molecule has 0 aliphatic heterocycles. The van der Waals surface area contributed by atoms with E-state index >= 15 is 0 Å². The Bertz CT molecular complexity index is 1520. The molecule has 0 aliphatic carbocycles. The van der Waals surface area contributed by atoms with Crippen LogP contribution in [0.15, 0.2) is 98.3 Å². The van der Waals surface area contributed by atoms with Gasteiger partial charge in [0.25, 0.3) is 5.56 Å². The Morgan fingerprint density at radius 3 is 2.56 bits per heavy atom. The number of benzene rings is 2. The number of hydrogen-bond acceptors (Lipinski definition) is 7. The third kappa shape index (κ3) is 5.05. The molecule has 184 valence electrons. The van der Waals surface area contributed by atoms with Crippen molar-refractivity contribution in [2.24, 2.45) is 0 Å². The van der Waals surface area contributed by atoms with Crippen LogP contribution in [0.1, 0.15) is 17.2 Å². The van der Waals surface area contributed by atoms with Crippen LogP contribution in [-0.4, -0.2) is 21.9 Å². The summed E-state index contributed by atoms with van der Waals surface area (Å²) in [5, 5.41) is 20.6. The second-order valence-electron chi connectivity index (χ2n) is 7.65. The first-order chi connectivity index (χ1) is 17.0. The number of hydrogen-bond donors (Lipinski definition) is 2. The molecule has 1 atom stereocenters. The largest absolute Gasteiger partial charge is 0.858 e. The molecule has 10 heteroatoms. The lowest BCUT2D eigenvalue weighted by molar-refractivity contribution is -0.284. The van der Waals surface area contributed by atoms with Crippen LogP contribution in [0.5, 0.6) is 11.8 Å². The summed E-state index contributed by atoms with van der Waals surface area (Å²) in [6.07, 6.45) is 1.70. The van der Waals surface area contributed by atoms with Gasteiger partial charge in [-0.1, -0.05) is 59.8 Å². The van der Waals surface area contributed by atoms with Crippen LogP contribution in [0.2, 0.25) is 5.02 Å². The average molecular weight is 538 g/mol. The summed E-state index contributed by atoms with van der Waals surface area (Å²) in [7, 11) is 1.58. The number of ether oxygens (including phenoxy) is 1. The van der Waals surface area contributed by atoms with Gasteiger partial charge in [0.2, 0.25) is 5.88 Å². The number of nitrogens with zero attached hydrogens (tertiary/aromatic N) is 2. The van der Waals surface area contributed by atoms with Gasteiger partial charge in [-0.15, -0.1) is 0 Å². The third-order valence-corrected chi connectivity index (χ3v) is 7.79. The van der Waals surface area contributed by atoms with Gasteiger partial charge in [0.15, 0.2) is 0 Å². The van der Waals surface area contributed by atoms with Gasteiger partial charge in [0, 0.05) is 23.0 Å². The quantitative estimate of drug-likeness (QED) is 0.263. The SMILES string of the molecule is COc1cc(-c2ccc(C(c3ccsc3)n3[nH]c(=O)c(Sc4ccccc4Cl)c3[O-])cc2)ccn1.N. The highest BCUT2D eigenvalue weighted by Crippen LogP contribution is 2.38. The summed E-state index contributed by atoms with van der Waals surface area (Å²) in [5.74, 6) is 0.145. The van der Waals surface area contributed by atoms with Crippen LogP contribution < -0.4 is 21.6 Å². The monoisotopic (exact) mass is 537 g/mol. The van der Waals surface area contributed by atoms with Crippen LogP contribution in [0, 0.1) is 0 Å². The summed E-state index contributed by atoms with van der Waals surface area (Å²) >= 11 is 8.87. The standard InChI is InChI=1S/C26H20ClN3O3S2.H3N/c1-33-22-14-18(10-12-28-22)16-6-8-17(9-7-16)23(19-11-13-34-15-19)30-26(32)24(25(31)29-30)35-21-5-3-2-4-20(21)27;/h2-15,23,32H,1H3,(H,29,31);1H3/p-1. The van der Waals surface area contributed by atoms with E-state index in [4.69, 9.17) is 16.3 Å². The summed E-state index contributed by atoms with van der Waals surface area (Å²) in [5.41, 5.74) is 3.28. The number of rotatable bonds is 7. The predicted octanol–water partition coefficient (Wildman–Crippen LogP) is 5.99. The van der Waals surface area contributed by atoms with E-state index in [0.717, 1.165) is 34.0 Å². The van der Waals surface area contributed by atoms with Crippen molar-refractivity contribution < 1.29 is 9.84 Å². The molecule has 1 unspecified atom stereocenters. The van der Waals surface area contributed by atoms with Gasteiger partial charge in [-0.3, -0.25) is 14.6 Å². The molecule has 0 saturated carbocycles. The number of halogens is 1. The Morgan fingerprint density at radius 1 is 1.08 bits per heavy atom. The zero-order valence-corrected chi connectivity index (χ0v) is 21.6. The lowest BCUT2D eigenvalue weighted by Gasteiger charge is -2.24. The molecule has 0 bridgehead atoms. The molecule has 2 aromatic carbocycles. The number of thiophene rings is 1. The van der Waals surface area contributed by atoms with Gasteiger partial charge in [0.05, 0.1) is 23.1 Å². The summed E-state index contributed by atoms with van der Waals surface area (Å²) in [6, 6.07) is 20.3. The maximum Gasteiger partial charge on any atom is 0.277 e.